The fourth-order valence-electron chi connectivity index (χ4n) is 2.05. The van der Waals surface area contributed by atoms with E-state index in [4.69, 9.17) is 12.2 Å². The average Bonchev–Trinajstić information content (AvgIpc) is 2.44. The maximum absolute atomic E-state index is 12.0. The lowest BCUT2D eigenvalue weighted by molar-refractivity contribution is 0.384. The molecule has 0 radical (unpaired) electrons. The molecule has 0 saturated carbocycles. The Hall–Kier alpha value is -1.86. The predicted molar refractivity (Wildman–Crippen MR) is 83.9 cm³/mol. The minimum absolute atomic E-state index is 0.146. The standard InChI is InChI=1S/C14H19N5OS/c1-18(2)4-3-5-19-9-12(13(20)17-14(19)21)6-11-7-15-10-16-8-11/h7-10H,3-6H2,1-2H3,(H,17,20,21). The lowest BCUT2D eigenvalue weighted by atomic mass is 10.1. The van der Waals surface area contributed by atoms with Crippen LogP contribution in [-0.2, 0) is 13.0 Å². The topological polar surface area (TPSA) is 66.8 Å². The van der Waals surface area contributed by atoms with Gasteiger partial charge >= 0.3 is 0 Å². The van der Waals surface area contributed by atoms with E-state index in [-0.39, 0.29) is 5.56 Å². The van der Waals surface area contributed by atoms with Gasteiger partial charge in [0.1, 0.15) is 6.33 Å². The Morgan fingerprint density at radius 3 is 2.71 bits per heavy atom. The Labute approximate surface area is 128 Å². The highest BCUT2D eigenvalue weighted by Crippen LogP contribution is 2.03. The summed E-state index contributed by atoms with van der Waals surface area (Å²) in [6, 6.07) is 0. The van der Waals surface area contributed by atoms with E-state index in [2.05, 4.69) is 19.9 Å². The molecule has 0 amide bonds. The molecule has 0 bridgehead atoms. The quantitative estimate of drug-likeness (QED) is 0.813. The highest BCUT2D eigenvalue weighted by molar-refractivity contribution is 7.71. The smallest absolute Gasteiger partial charge is 0.255 e. The zero-order valence-corrected chi connectivity index (χ0v) is 13.1. The van der Waals surface area contributed by atoms with Gasteiger partial charge in [-0.05, 0) is 44.8 Å². The molecule has 2 heterocycles. The molecule has 0 aliphatic heterocycles. The van der Waals surface area contributed by atoms with Crippen molar-refractivity contribution < 1.29 is 0 Å². The van der Waals surface area contributed by atoms with Crippen LogP contribution in [0.2, 0.25) is 0 Å². The van der Waals surface area contributed by atoms with Gasteiger partial charge in [0.25, 0.3) is 5.56 Å². The van der Waals surface area contributed by atoms with Gasteiger partial charge in [-0.15, -0.1) is 0 Å². The first-order chi connectivity index (χ1) is 10.1. The molecule has 1 N–H and O–H groups in total. The first kappa shape index (κ1) is 15.5. The molecular formula is C14H19N5OS. The van der Waals surface area contributed by atoms with Crippen LogP contribution in [0.1, 0.15) is 17.5 Å². The summed E-state index contributed by atoms with van der Waals surface area (Å²) in [7, 11) is 4.07. The van der Waals surface area contributed by atoms with Crippen molar-refractivity contribution in [3.63, 3.8) is 0 Å². The number of nitrogens with zero attached hydrogens (tertiary/aromatic N) is 4. The van der Waals surface area contributed by atoms with Crippen LogP contribution in [0.5, 0.6) is 0 Å². The lowest BCUT2D eigenvalue weighted by Crippen LogP contribution is -2.20. The zero-order valence-electron chi connectivity index (χ0n) is 12.2. The normalized spacial score (nSPS) is 11.0. The molecule has 2 aromatic heterocycles. The van der Waals surface area contributed by atoms with Crippen molar-refractivity contribution in [1.29, 1.82) is 0 Å². The predicted octanol–water partition coefficient (Wildman–Crippen LogP) is 1.24. The van der Waals surface area contributed by atoms with Crippen molar-refractivity contribution in [3.05, 3.63) is 51.2 Å². The number of hydrogen-bond donors (Lipinski definition) is 1. The van der Waals surface area contributed by atoms with Gasteiger partial charge in [0, 0.05) is 37.1 Å². The summed E-state index contributed by atoms with van der Waals surface area (Å²) < 4.78 is 2.38. The van der Waals surface area contributed by atoms with Crippen molar-refractivity contribution in [2.75, 3.05) is 20.6 Å². The summed E-state index contributed by atoms with van der Waals surface area (Å²) >= 11 is 5.21. The van der Waals surface area contributed by atoms with Gasteiger partial charge in [0.05, 0.1) is 0 Å². The lowest BCUT2D eigenvalue weighted by Gasteiger charge is -2.12. The second-order valence-electron chi connectivity index (χ2n) is 5.19. The van der Waals surface area contributed by atoms with Crippen molar-refractivity contribution in [2.24, 2.45) is 0 Å². The van der Waals surface area contributed by atoms with Crippen molar-refractivity contribution in [2.45, 2.75) is 19.4 Å². The molecule has 2 aromatic rings. The van der Waals surface area contributed by atoms with E-state index in [1.165, 1.54) is 6.33 Å². The van der Waals surface area contributed by atoms with Crippen LogP contribution in [0.15, 0.2) is 29.7 Å². The number of nitrogens with one attached hydrogen (secondary N) is 1. The van der Waals surface area contributed by atoms with Gasteiger partial charge < -0.3 is 9.47 Å². The van der Waals surface area contributed by atoms with Gasteiger partial charge in [-0.3, -0.25) is 9.78 Å². The molecule has 21 heavy (non-hydrogen) atoms. The number of hydrogen-bond acceptors (Lipinski definition) is 5. The fourth-order valence-corrected chi connectivity index (χ4v) is 2.28. The molecule has 0 saturated heterocycles. The summed E-state index contributed by atoms with van der Waals surface area (Å²) in [5.74, 6) is 0. The maximum atomic E-state index is 12.0. The minimum atomic E-state index is -0.146. The van der Waals surface area contributed by atoms with Crippen LogP contribution < -0.4 is 5.56 Å². The molecular weight excluding hydrogens is 286 g/mol. The molecule has 0 aliphatic carbocycles. The summed E-state index contributed by atoms with van der Waals surface area (Å²) in [6.07, 6.45) is 8.21. The summed E-state index contributed by atoms with van der Waals surface area (Å²) in [6.45, 7) is 1.76. The number of H-pyrrole nitrogens is 1. The van der Waals surface area contributed by atoms with E-state index >= 15 is 0 Å². The largest absolute Gasteiger partial charge is 0.325 e. The Morgan fingerprint density at radius 1 is 1.33 bits per heavy atom. The highest BCUT2D eigenvalue weighted by Gasteiger charge is 2.05. The number of aromatic nitrogens is 4. The van der Waals surface area contributed by atoms with Crippen molar-refractivity contribution >= 4 is 12.2 Å². The van der Waals surface area contributed by atoms with Crippen LogP contribution in [0.4, 0.5) is 0 Å². The molecule has 0 spiro atoms. The highest BCUT2D eigenvalue weighted by atomic mass is 32.1. The SMILES string of the molecule is CN(C)CCCn1cc(Cc2cncnc2)c(=O)[nH]c1=S. The summed E-state index contributed by atoms with van der Waals surface area (Å²) in [4.78, 5) is 24.8. The third-order valence-corrected chi connectivity index (χ3v) is 3.43. The van der Waals surface area contributed by atoms with E-state index in [0.29, 0.717) is 16.8 Å². The van der Waals surface area contributed by atoms with Crippen molar-refractivity contribution in [3.8, 4) is 0 Å². The second-order valence-corrected chi connectivity index (χ2v) is 5.57. The molecule has 112 valence electrons. The maximum Gasteiger partial charge on any atom is 0.255 e. The third kappa shape index (κ3) is 4.57. The fraction of sp³-hybridized carbons (Fsp3) is 0.429. The van der Waals surface area contributed by atoms with Gasteiger partial charge in [-0.1, -0.05) is 0 Å². The molecule has 0 atom stereocenters. The summed E-state index contributed by atoms with van der Waals surface area (Å²) in [5.41, 5.74) is 1.43. The first-order valence-electron chi connectivity index (χ1n) is 6.77. The first-order valence-corrected chi connectivity index (χ1v) is 7.18. The van der Waals surface area contributed by atoms with E-state index in [0.717, 1.165) is 25.1 Å². The Balaban J connectivity index is 2.18. The molecule has 0 aliphatic rings. The van der Waals surface area contributed by atoms with Crippen LogP contribution in [0, 0.1) is 4.77 Å². The van der Waals surface area contributed by atoms with E-state index in [9.17, 15) is 4.79 Å². The molecule has 0 aromatic carbocycles. The Kier molecular flexibility index (Phi) is 5.35. The van der Waals surface area contributed by atoms with Crippen LogP contribution in [-0.4, -0.2) is 45.1 Å². The summed E-state index contributed by atoms with van der Waals surface area (Å²) in [5, 5.41) is 0. The third-order valence-electron chi connectivity index (χ3n) is 3.10. The van der Waals surface area contributed by atoms with Crippen molar-refractivity contribution in [1.82, 2.24) is 24.4 Å². The van der Waals surface area contributed by atoms with Gasteiger partial charge in [0.15, 0.2) is 4.77 Å². The van der Waals surface area contributed by atoms with Gasteiger partial charge in [-0.25, -0.2) is 9.97 Å². The second kappa shape index (κ2) is 7.24. The Morgan fingerprint density at radius 2 is 2.05 bits per heavy atom. The van der Waals surface area contributed by atoms with Gasteiger partial charge in [-0.2, -0.15) is 0 Å². The minimum Gasteiger partial charge on any atom is -0.325 e. The Bertz CT molecular complexity index is 693. The van der Waals surface area contributed by atoms with Crippen LogP contribution in [0.25, 0.3) is 0 Å². The number of rotatable bonds is 6. The molecule has 0 unspecified atom stereocenters. The van der Waals surface area contributed by atoms with E-state index < -0.39 is 0 Å². The van der Waals surface area contributed by atoms with Crippen LogP contribution >= 0.6 is 12.2 Å². The van der Waals surface area contributed by atoms with E-state index in [1.807, 2.05) is 24.9 Å². The molecule has 7 heteroatoms. The number of aromatic amines is 1. The molecule has 2 rings (SSSR count). The van der Waals surface area contributed by atoms with Crippen LogP contribution in [0.3, 0.4) is 0 Å². The van der Waals surface area contributed by atoms with E-state index in [1.54, 1.807) is 12.4 Å². The molecule has 6 nitrogen and oxygen atoms in total. The van der Waals surface area contributed by atoms with Gasteiger partial charge in [0.2, 0.25) is 0 Å². The number of aryl methyl sites for hydroxylation is 1. The molecule has 0 fully saturated rings. The monoisotopic (exact) mass is 305 g/mol. The average molecular weight is 305 g/mol. The zero-order chi connectivity index (χ0) is 15.2.